The number of rotatable bonds is 6. The molecule has 0 spiro atoms. The van der Waals surface area contributed by atoms with Crippen molar-refractivity contribution in [3.63, 3.8) is 0 Å². The van der Waals surface area contributed by atoms with Gasteiger partial charge in [-0.1, -0.05) is 46.9 Å². The van der Waals surface area contributed by atoms with Crippen molar-refractivity contribution >= 4 is 52.4 Å². The Balaban J connectivity index is 1.91. The summed E-state index contributed by atoms with van der Waals surface area (Å²) in [6, 6.07) is 9.72. The summed E-state index contributed by atoms with van der Waals surface area (Å²) in [4.78, 5) is 23.2. The van der Waals surface area contributed by atoms with Crippen molar-refractivity contribution in [2.24, 2.45) is 0 Å². The summed E-state index contributed by atoms with van der Waals surface area (Å²) in [7, 11) is 1.33. The Morgan fingerprint density at radius 2 is 1.64 bits per heavy atom. The molecule has 0 saturated heterocycles. The van der Waals surface area contributed by atoms with E-state index in [1.165, 1.54) is 19.2 Å². The minimum atomic E-state index is -0.426. The van der Waals surface area contributed by atoms with Crippen LogP contribution in [0.1, 0.15) is 5.56 Å². The zero-order valence-electron chi connectivity index (χ0n) is 13.1. The molecule has 0 aliphatic heterocycles. The second kappa shape index (κ2) is 8.94. The van der Waals surface area contributed by atoms with E-state index in [0.717, 1.165) is 5.56 Å². The summed E-state index contributed by atoms with van der Waals surface area (Å²) < 4.78 is 9.98. The van der Waals surface area contributed by atoms with Crippen LogP contribution in [0.4, 0.5) is 5.69 Å². The highest BCUT2D eigenvalue weighted by atomic mass is 35.5. The molecule has 0 bridgehead atoms. The number of methoxy groups -OCH3 is 1. The largest absolute Gasteiger partial charge is 0.484 e. The van der Waals surface area contributed by atoms with E-state index in [9.17, 15) is 9.59 Å². The van der Waals surface area contributed by atoms with Gasteiger partial charge in [0.2, 0.25) is 0 Å². The molecule has 25 heavy (non-hydrogen) atoms. The maximum Gasteiger partial charge on any atom is 0.309 e. The third kappa shape index (κ3) is 5.81. The fourth-order valence-corrected chi connectivity index (χ4v) is 2.84. The topological polar surface area (TPSA) is 64.6 Å². The Hall–Kier alpha value is -1.95. The lowest BCUT2D eigenvalue weighted by Gasteiger charge is -2.11. The van der Waals surface area contributed by atoms with Crippen LogP contribution in [-0.2, 0) is 20.7 Å². The van der Waals surface area contributed by atoms with Crippen molar-refractivity contribution in [3.8, 4) is 5.75 Å². The molecule has 8 heteroatoms. The van der Waals surface area contributed by atoms with E-state index in [1.54, 1.807) is 24.3 Å². The second-order valence-corrected chi connectivity index (χ2v) is 6.23. The monoisotopic (exact) mass is 401 g/mol. The number of esters is 1. The lowest BCUT2D eigenvalue weighted by atomic mass is 10.1. The maximum atomic E-state index is 12.0. The van der Waals surface area contributed by atoms with Gasteiger partial charge in [-0.3, -0.25) is 9.59 Å². The summed E-state index contributed by atoms with van der Waals surface area (Å²) in [5.74, 6) is -0.272. The molecule has 0 fully saturated rings. The van der Waals surface area contributed by atoms with Crippen molar-refractivity contribution in [1.29, 1.82) is 0 Å². The van der Waals surface area contributed by atoms with E-state index in [1.807, 2.05) is 0 Å². The van der Waals surface area contributed by atoms with Crippen LogP contribution in [0.5, 0.6) is 5.75 Å². The molecule has 0 radical (unpaired) electrons. The Labute approximate surface area is 159 Å². The van der Waals surface area contributed by atoms with E-state index in [4.69, 9.17) is 39.5 Å². The molecule has 2 rings (SSSR count). The molecule has 0 aliphatic carbocycles. The minimum Gasteiger partial charge on any atom is -0.484 e. The highest BCUT2D eigenvalue weighted by Gasteiger charge is 2.12. The molecule has 1 N–H and O–H groups in total. The molecular weight excluding hydrogens is 389 g/mol. The maximum absolute atomic E-state index is 12.0. The highest BCUT2D eigenvalue weighted by molar-refractivity contribution is 6.42. The Morgan fingerprint density at radius 1 is 1.04 bits per heavy atom. The number of carbonyl (C=O) groups is 2. The van der Waals surface area contributed by atoms with E-state index >= 15 is 0 Å². The number of anilines is 1. The minimum absolute atomic E-state index is 0.171. The molecular formula is C17H14Cl3NO4. The van der Waals surface area contributed by atoms with Crippen LogP contribution >= 0.6 is 34.8 Å². The van der Waals surface area contributed by atoms with Crippen LogP contribution in [0.2, 0.25) is 15.1 Å². The normalized spacial score (nSPS) is 10.2. The average Bonchev–Trinajstić information content (AvgIpc) is 2.57. The van der Waals surface area contributed by atoms with Crippen LogP contribution in [-0.4, -0.2) is 25.6 Å². The zero-order chi connectivity index (χ0) is 18.4. The quantitative estimate of drug-likeness (QED) is 0.728. The van der Waals surface area contributed by atoms with Crippen molar-refractivity contribution in [1.82, 2.24) is 0 Å². The Kier molecular flexibility index (Phi) is 6.93. The summed E-state index contributed by atoms with van der Waals surface area (Å²) >= 11 is 17.8. The number of ether oxygens (including phenoxy) is 2. The molecule has 2 aromatic rings. The van der Waals surface area contributed by atoms with Gasteiger partial charge in [-0.2, -0.15) is 0 Å². The predicted octanol–water partition coefficient (Wildman–Crippen LogP) is 4.38. The Bertz CT molecular complexity index is 755. The van der Waals surface area contributed by atoms with Crippen LogP contribution in [0.3, 0.4) is 0 Å². The smallest absolute Gasteiger partial charge is 0.309 e. The number of halogens is 3. The summed E-state index contributed by atoms with van der Waals surface area (Å²) in [5.41, 5.74) is 1.05. The van der Waals surface area contributed by atoms with Crippen molar-refractivity contribution in [2.45, 2.75) is 6.42 Å². The lowest BCUT2D eigenvalue weighted by Crippen LogP contribution is -2.20. The van der Waals surface area contributed by atoms with Gasteiger partial charge in [-0.15, -0.1) is 0 Å². The number of benzene rings is 2. The van der Waals surface area contributed by atoms with Crippen molar-refractivity contribution in [2.75, 3.05) is 19.0 Å². The first-order chi connectivity index (χ1) is 11.9. The van der Waals surface area contributed by atoms with E-state index in [-0.39, 0.29) is 34.7 Å². The van der Waals surface area contributed by atoms with Crippen LogP contribution in [0.25, 0.3) is 0 Å². The summed E-state index contributed by atoms with van der Waals surface area (Å²) in [5, 5.41) is 3.41. The van der Waals surface area contributed by atoms with Gasteiger partial charge in [0, 0.05) is 5.02 Å². The van der Waals surface area contributed by atoms with E-state index in [0.29, 0.717) is 10.8 Å². The van der Waals surface area contributed by atoms with E-state index < -0.39 is 5.91 Å². The first kappa shape index (κ1) is 19.4. The third-order valence-corrected chi connectivity index (χ3v) is 3.96. The summed E-state index contributed by atoms with van der Waals surface area (Å²) in [6.45, 7) is -0.231. The van der Waals surface area contributed by atoms with Gasteiger partial charge in [0.1, 0.15) is 5.75 Å². The first-order valence-electron chi connectivity index (χ1n) is 7.12. The zero-order valence-corrected chi connectivity index (χ0v) is 15.4. The van der Waals surface area contributed by atoms with Gasteiger partial charge in [0.15, 0.2) is 6.61 Å². The molecule has 5 nitrogen and oxygen atoms in total. The number of hydrogen-bond acceptors (Lipinski definition) is 4. The van der Waals surface area contributed by atoms with Gasteiger partial charge in [0.25, 0.3) is 5.91 Å². The predicted molar refractivity (Wildman–Crippen MR) is 97.8 cm³/mol. The van der Waals surface area contributed by atoms with E-state index in [2.05, 4.69) is 10.1 Å². The number of amides is 1. The van der Waals surface area contributed by atoms with Crippen LogP contribution in [0, 0.1) is 0 Å². The van der Waals surface area contributed by atoms with Gasteiger partial charge in [0.05, 0.1) is 29.3 Å². The third-order valence-electron chi connectivity index (χ3n) is 3.14. The van der Waals surface area contributed by atoms with Gasteiger partial charge < -0.3 is 14.8 Å². The highest BCUT2D eigenvalue weighted by Crippen LogP contribution is 2.33. The molecule has 0 heterocycles. The van der Waals surface area contributed by atoms with Crippen LogP contribution < -0.4 is 10.1 Å². The second-order valence-electron chi connectivity index (χ2n) is 4.98. The molecule has 0 aliphatic rings. The fourth-order valence-electron chi connectivity index (χ4n) is 1.93. The number of nitrogens with one attached hydrogen (secondary N) is 1. The molecule has 132 valence electrons. The van der Waals surface area contributed by atoms with Crippen LogP contribution in [0.15, 0.2) is 36.4 Å². The average molecular weight is 403 g/mol. The molecule has 1 amide bonds. The Morgan fingerprint density at radius 3 is 2.20 bits per heavy atom. The fraction of sp³-hybridized carbons (Fsp3) is 0.176. The van der Waals surface area contributed by atoms with Gasteiger partial charge in [-0.25, -0.2) is 0 Å². The summed E-state index contributed by atoms with van der Waals surface area (Å²) in [6.07, 6.45) is 0.171. The first-order valence-corrected chi connectivity index (χ1v) is 8.25. The molecule has 0 atom stereocenters. The van der Waals surface area contributed by atoms with Gasteiger partial charge >= 0.3 is 5.97 Å². The standard InChI is InChI=1S/C17H14Cl3NO4/c1-24-16(23)6-10-2-4-12(5-3-10)25-9-15(22)21-17-13(19)7-11(18)8-14(17)20/h2-5,7-8H,6,9H2,1H3,(H,21,22). The van der Waals surface area contributed by atoms with Gasteiger partial charge in [-0.05, 0) is 29.8 Å². The molecule has 0 unspecified atom stereocenters. The molecule has 0 aromatic heterocycles. The lowest BCUT2D eigenvalue weighted by molar-refractivity contribution is -0.139. The van der Waals surface area contributed by atoms with Crippen molar-refractivity contribution < 1.29 is 19.1 Å². The molecule has 2 aromatic carbocycles. The van der Waals surface area contributed by atoms with Crippen molar-refractivity contribution in [3.05, 3.63) is 57.0 Å². The SMILES string of the molecule is COC(=O)Cc1ccc(OCC(=O)Nc2c(Cl)cc(Cl)cc2Cl)cc1. The molecule has 0 saturated carbocycles. The number of carbonyl (C=O) groups excluding carboxylic acids is 2. The number of hydrogen-bond donors (Lipinski definition) is 1.